The highest BCUT2D eigenvalue weighted by atomic mass is 32.1. The summed E-state index contributed by atoms with van der Waals surface area (Å²) in [6.07, 6.45) is 4.43. The lowest BCUT2D eigenvalue weighted by atomic mass is 9.95. The van der Waals surface area contributed by atoms with Crippen molar-refractivity contribution in [3.63, 3.8) is 0 Å². The van der Waals surface area contributed by atoms with Crippen LogP contribution in [0, 0.1) is 0 Å². The van der Waals surface area contributed by atoms with Crippen molar-refractivity contribution >= 4 is 17.0 Å². The fourth-order valence-electron chi connectivity index (χ4n) is 2.65. The van der Waals surface area contributed by atoms with E-state index in [0.29, 0.717) is 11.3 Å². The van der Waals surface area contributed by atoms with Gasteiger partial charge in [0.25, 0.3) is 0 Å². The average Bonchev–Trinajstić information content (AvgIpc) is 3.03. The van der Waals surface area contributed by atoms with Crippen molar-refractivity contribution in [3.05, 3.63) is 46.4 Å². The molecular weight excluding hydrogens is 266 g/mol. The van der Waals surface area contributed by atoms with Gasteiger partial charge in [-0.3, -0.25) is 0 Å². The van der Waals surface area contributed by atoms with Gasteiger partial charge in [0, 0.05) is 41.7 Å². The van der Waals surface area contributed by atoms with E-state index in [1.807, 2.05) is 23.7 Å². The van der Waals surface area contributed by atoms with Gasteiger partial charge in [0.15, 0.2) is 0 Å². The van der Waals surface area contributed by atoms with Crippen LogP contribution in [0.2, 0.25) is 0 Å². The maximum Gasteiger partial charge on any atom is 0.0965 e. The molecule has 3 nitrogen and oxygen atoms in total. The second-order valence-electron chi connectivity index (χ2n) is 5.80. The van der Waals surface area contributed by atoms with Gasteiger partial charge < -0.3 is 11.1 Å². The maximum absolute atomic E-state index is 5.76. The molecule has 0 amide bonds. The highest BCUT2D eigenvalue weighted by molar-refractivity contribution is 7.09. The third-order valence-electron chi connectivity index (χ3n) is 4.16. The molecule has 1 aromatic heterocycles. The van der Waals surface area contributed by atoms with Crippen LogP contribution in [0.3, 0.4) is 0 Å². The molecule has 4 heteroatoms. The minimum Gasteiger partial charge on any atom is -0.399 e. The van der Waals surface area contributed by atoms with Crippen molar-refractivity contribution in [3.8, 4) is 0 Å². The largest absolute Gasteiger partial charge is 0.399 e. The van der Waals surface area contributed by atoms with E-state index >= 15 is 0 Å². The molecular formula is C16H21N3S. The Morgan fingerprint density at radius 1 is 1.35 bits per heavy atom. The molecule has 3 rings (SSSR count). The first-order chi connectivity index (χ1) is 9.70. The molecule has 2 aromatic rings. The van der Waals surface area contributed by atoms with Crippen LogP contribution < -0.4 is 11.1 Å². The van der Waals surface area contributed by atoms with Gasteiger partial charge >= 0.3 is 0 Å². The van der Waals surface area contributed by atoms with Crippen LogP contribution in [-0.4, -0.2) is 18.1 Å². The average molecular weight is 287 g/mol. The summed E-state index contributed by atoms with van der Waals surface area (Å²) in [5.74, 6) is 0.484. The van der Waals surface area contributed by atoms with Gasteiger partial charge in [-0.05, 0) is 30.5 Å². The van der Waals surface area contributed by atoms with Gasteiger partial charge in [-0.25, -0.2) is 4.98 Å². The normalized spacial score (nSPS) is 17.9. The summed E-state index contributed by atoms with van der Waals surface area (Å²) in [6, 6.07) is 8.36. The minimum absolute atomic E-state index is 0.344. The van der Waals surface area contributed by atoms with Crippen LogP contribution in [0.1, 0.15) is 36.3 Å². The smallest absolute Gasteiger partial charge is 0.0965 e. The Balaban J connectivity index is 1.54. The van der Waals surface area contributed by atoms with Gasteiger partial charge in [-0.2, -0.15) is 0 Å². The molecule has 1 atom stereocenters. The molecule has 1 heterocycles. The Labute approximate surface area is 124 Å². The number of nitrogens with zero attached hydrogens (tertiary/aromatic N) is 1. The highest BCUT2D eigenvalue weighted by Gasteiger charge is 2.43. The van der Waals surface area contributed by atoms with Crippen molar-refractivity contribution in [2.24, 2.45) is 0 Å². The predicted octanol–water partition coefficient (Wildman–Crippen LogP) is 3.15. The Kier molecular flexibility index (Phi) is 3.76. The van der Waals surface area contributed by atoms with E-state index in [9.17, 15) is 0 Å². The second kappa shape index (κ2) is 5.54. The molecule has 0 radical (unpaired) electrons. The van der Waals surface area contributed by atoms with Crippen LogP contribution in [0.25, 0.3) is 0 Å². The van der Waals surface area contributed by atoms with E-state index in [0.717, 1.165) is 18.8 Å². The first-order valence-corrected chi connectivity index (χ1v) is 8.04. The monoisotopic (exact) mass is 287 g/mol. The molecule has 1 aliphatic carbocycles. The van der Waals surface area contributed by atoms with Crippen LogP contribution in [0.4, 0.5) is 5.69 Å². The summed E-state index contributed by atoms with van der Waals surface area (Å²) in [4.78, 5) is 4.38. The molecule has 0 bridgehead atoms. The fraction of sp³-hybridized carbons (Fsp3) is 0.438. The molecule has 3 N–H and O–H groups in total. The number of hydrogen-bond acceptors (Lipinski definition) is 4. The lowest BCUT2D eigenvalue weighted by Crippen LogP contribution is -2.29. The number of anilines is 1. The number of thiazole rings is 1. The Morgan fingerprint density at radius 2 is 2.10 bits per heavy atom. The van der Waals surface area contributed by atoms with Crippen molar-refractivity contribution in [1.29, 1.82) is 0 Å². The Morgan fingerprint density at radius 3 is 2.70 bits per heavy atom. The fourth-order valence-corrected chi connectivity index (χ4v) is 3.35. The first kappa shape index (κ1) is 13.6. The van der Waals surface area contributed by atoms with Crippen molar-refractivity contribution in [2.45, 2.75) is 31.1 Å². The van der Waals surface area contributed by atoms with Crippen LogP contribution in [-0.2, 0) is 5.41 Å². The number of benzene rings is 1. The highest BCUT2D eigenvalue weighted by Crippen LogP contribution is 2.47. The van der Waals surface area contributed by atoms with Gasteiger partial charge in [0.1, 0.15) is 0 Å². The molecule has 0 spiro atoms. The van der Waals surface area contributed by atoms with Gasteiger partial charge in [-0.15, -0.1) is 11.3 Å². The Hall–Kier alpha value is -1.39. The topological polar surface area (TPSA) is 50.9 Å². The number of aromatic nitrogens is 1. The van der Waals surface area contributed by atoms with Crippen molar-refractivity contribution < 1.29 is 0 Å². The molecule has 1 aromatic carbocycles. The van der Waals surface area contributed by atoms with Gasteiger partial charge in [0.05, 0.1) is 5.01 Å². The Bertz CT molecular complexity index is 544. The quantitative estimate of drug-likeness (QED) is 0.802. The number of nitrogens with two attached hydrogens (primary N) is 1. The lowest BCUT2D eigenvalue weighted by molar-refractivity contribution is 0.544. The molecule has 20 heavy (non-hydrogen) atoms. The van der Waals surface area contributed by atoms with E-state index in [1.54, 1.807) is 11.3 Å². The molecule has 1 saturated carbocycles. The summed E-state index contributed by atoms with van der Waals surface area (Å²) < 4.78 is 0. The number of rotatable bonds is 6. The molecule has 0 saturated heterocycles. The van der Waals surface area contributed by atoms with Crippen LogP contribution in [0.15, 0.2) is 35.8 Å². The van der Waals surface area contributed by atoms with Crippen molar-refractivity contribution in [2.75, 3.05) is 18.8 Å². The zero-order chi connectivity index (χ0) is 14.0. The third-order valence-corrected chi connectivity index (χ3v) is 5.17. The zero-order valence-corrected chi connectivity index (χ0v) is 12.6. The van der Waals surface area contributed by atoms with E-state index in [1.165, 1.54) is 23.4 Å². The maximum atomic E-state index is 5.76. The van der Waals surface area contributed by atoms with E-state index in [2.05, 4.69) is 29.4 Å². The van der Waals surface area contributed by atoms with Gasteiger partial charge in [0.2, 0.25) is 0 Å². The zero-order valence-electron chi connectivity index (χ0n) is 11.8. The summed E-state index contributed by atoms with van der Waals surface area (Å²) >= 11 is 1.74. The molecule has 1 fully saturated rings. The number of nitrogens with one attached hydrogen (secondary N) is 1. The number of nitrogen functional groups attached to an aromatic ring is 1. The molecule has 1 unspecified atom stereocenters. The SMILES string of the molecule is CC(CNCC1(c2ccc(N)cc2)CC1)c1nccs1. The summed E-state index contributed by atoms with van der Waals surface area (Å²) in [7, 11) is 0. The second-order valence-corrected chi connectivity index (χ2v) is 6.73. The standard InChI is InChI=1S/C16H21N3S/c1-12(15-19-8-9-20-15)10-18-11-16(6-7-16)13-2-4-14(17)5-3-13/h2-5,8-9,12,18H,6-7,10-11,17H2,1H3. The van der Waals surface area contributed by atoms with Crippen LogP contribution in [0.5, 0.6) is 0 Å². The molecule has 106 valence electrons. The van der Waals surface area contributed by atoms with Gasteiger partial charge in [-0.1, -0.05) is 19.1 Å². The lowest BCUT2D eigenvalue weighted by Gasteiger charge is -2.18. The first-order valence-electron chi connectivity index (χ1n) is 7.16. The number of hydrogen-bond donors (Lipinski definition) is 2. The summed E-state index contributed by atoms with van der Waals surface area (Å²) in [5.41, 5.74) is 8.37. The molecule has 0 aliphatic heterocycles. The predicted molar refractivity (Wildman–Crippen MR) is 85.2 cm³/mol. The summed E-state index contributed by atoms with van der Waals surface area (Å²) in [5, 5.41) is 6.89. The van der Waals surface area contributed by atoms with Crippen LogP contribution >= 0.6 is 11.3 Å². The molecule has 1 aliphatic rings. The van der Waals surface area contributed by atoms with Crippen molar-refractivity contribution in [1.82, 2.24) is 10.3 Å². The van der Waals surface area contributed by atoms with E-state index in [-0.39, 0.29) is 0 Å². The van der Waals surface area contributed by atoms with E-state index < -0.39 is 0 Å². The van der Waals surface area contributed by atoms with E-state index in [4.69, 9.17) is 5.73 Å². The summed E-state index contributed by atoms with van der Waals surface area (Å²) in [6.45, 7) is 4.27. The third kappa shape index (κ3) is 2.86. The minimum atomic E-state index is 0.344.